The summed E-state index contributed by atoms with van der Waals surface area (Å²) in [6.45, 7) is 4.48. The van der Waals surface area contributed by atoms with E-state index < -0.39 is 0 Å². The first-order chi connectivity index (χ1) is 9.69. The van der Waals surface area contributed by atoms with E-state index in [1.165, 1.54) is 28.0 Å². The molecule has 0 aliphatic carbocycles. The minimum atomic E-state index is 0.550. The monoisotopic (exact) mass is 428 g/mol. The number of hydrogen-bond donors (Lipinski definition) is 0. The number of rotatable bonds is 2. The molecule has 0 aromatic carbocycles. The van der Waals surface area contributed by atoms with Gasteiger partial charge >= 0.3 is 139 Å². The molecule has 0 amide bonds. The second-order valence-corrected chi connectivity index (χ2v) is 12.3. The van der Waals surface area contributed by atoms with Crippen LogP contribution in [0.4, 0.5) is 0 Å². The Balaban J connectivity index is 1.77. The van der Waals surface area contributed by atoms with E-state index in [4.69, 9.17) is 0 Å². The van der Waals surface area contributed by atoms with Gasteiger partial charge in [0.05, 0.1) is 0 Å². The predicted octanol–water partition coefficient (Wildman–Crippen LogP) is 5.03. The summed E-state index contributed by atoms with van der Waals surface area (Å²) >= 11 is 5.03. The van der Waals surface area contributed by atoms with E-state index in [2.05, 4.69) is 50.2 Å². The van der Waals surface area contributed by atoms with Crippen LogP contribution >= 0.6 is 22.7 Å². The Kier molecular flexibility index (Phi) is 3.42. The van der Waals surface area contributed by atoms with E-state index in [0.29, 0.717) is 29.0 Å². The van der Waals surface area contributed by atoms with Crippen molar-refractivity contribution in [1.29, 1.82) is 0 Å². The van der Waals surface area contributed by atoms with Crippen LogP contribution < -0.4 is 0 Å². The molecule has 4 aromatic rings. The average molecular weight is 426 g/mol. The molecule has 0 spiro atoms. The van der Waals surface area contributed by atoms with Crippen LogP contribution in [0.2, 0.25) is 0 Å². The summed E-state index contributed by atoms with van der Waals surface area (Å²) in [4.78, 5) is 2.96. The Labute approximate surface area is 138 Å². The molecule has 0 saturated heterocycles. The van der Waals surface area contributed by atoms with Gasteiger partial charge in [-0.3, -0.25) is 0 Å². The summed E-state index contributed by atoms with van der Waals surface area (Å²) in [5.41, 5.74) is 0. The van der Waals surface area contributed by atoms with Gasteiger partial charge in [0.15, 0.2) is 0 Å². The van der Waals surface area contributed by atoms with E-state index >= 15 is 0 Å². The molecule has 0 aliphatic rings. The zero-order chi connectivity index (χ0) is 13.7. The van der Waals surface area contributed by atoms with E-state index in [0.717, 1.165) is 0 Å². The molecular formula is C16H12S2Se2. The van der Waals surface area contributed by atoms with Gasteiger partial charge in [-0.2, -0.15) is 0 Å². The van der Waals surface area contributed by atoms with Gasteiger partial charge < -0.3 is 0 Å². The minimum absolute atomic E-state index is 0.550. The van der Waals surface area contributed by atoms with Crippen molar-refractivity contribution in [3.63, 3.8) is 0 Å². The number of thiophene rings is 2. The zero-order valence-electron chi connectivity index (χ0n) is 11.1. The van der Waals surface area contributed by atoms with Crippen LogP contribution in [0, 0.1) is 13.8 Å². The normalized spacial score (nSPS) is 11.5. The van der Waals surface area contributed by atoms with E-state index in [1.54, 1.807) is 8.87 Å². The first-order valence-electron chi connectivity index (χ1n) is 6.36. The molecule has 0 fully saturated rings. The summed E-state index contributed by atoms with van der Waals surface area (Å²) in [7, 11) is 0. The van der Waals surface area contributed by atoms with Gasteiger partial charge in [-0.25, -0.2) is 0 Å². The van der Waals surface area contributed by atoms with Crippen molar-refractivity contribution in [1.82, 2.24) is 0 Å². The van der Waals surface area contributed by atoms with Crippen LogP contribution in [-0.2, 0) is 0 Å². The molecule has 0 aliphatic heterocycles. The fourth-order valence-electron chi connectivity index (χ4n) is 2.21. The number of hydrogen-bond acceptors (Lipinski definition) is 2. The summed E-state index contributed by atoms with van der Waals surface area (Å²) < 4.78 is 9.08. The molecule has 100 valence electrons. The Morgan fingerprint density at radius 2 is 1.15 bits per heavy atom. The topological polar surface area (TPSA) is 0 Å². The first-order valence-corrected chi connectivity index (χ1v) is 11.4. The summed E-state index contributed by atoms with van der Waals surface area (Å²) in [6, 6.07) is 14.0. The Morgan fingerprint density at radius 1 is 0.700 bits per heavy atom. The Morgan fingerprint density at radius 3 is 1.50 bits per heavy atom. The van der Waals surface area contributed by atoms with Gasteiger partial charge in [0.1, 0.15) is 0 Å². The van der Waals surface area contributed by atoms with Gasteiger partial charge in [-0.15, -0.1) is 0 Å². The van der Waals surface area contributed by atoms with Crippen LogP contribution in [0.25, 0.3) is 28.0 Å². The molecule has 0 nitrogen and oxygen atoms in total. The second kappa shape index (κ2) is 5.14. The van der Waals surface area contributed by atoms with E-state index in [-0.39, 0.29) is 0 Å². The van der Waals surface area contributed by atoms with Crippen molar-refractivity contribution in [2.24, 2.45) is 0 Å². The van der Waals surface area contributed by atoms with Gasteiger partial charge in [0.2, 0.25) is 0 Å². The fraction of sp³-hybridized carbons (Fsp3) is 0.125. The maximum atomic E-state index is 2.40. The molecular weight excluding hydrogens is 414 g/mol. The van der Waals surface area contributed by atoms with Crippen molar-refractivity contribution in [3.05, 3.63) is 45.3 Å². The van der Waals surface area contributed by atoms with Crippen molar-refractivity contribution >= 4 is 61.1 Å². The van der Waals surface area contributed by atoms with Crippen LogP contribution in [0.1, 0.15) is 8.87 Å². The third-order valence-corrected chi connectivity index (χ3v) is 10.5. The summed E-state index contributed by atoms with van der Waals surface area (Å²) in [6.07, 6.45) is 0. The average Bonchev–Trinajstić information content (AvgIpc) is 3.09. The molecule has 20 heavy (non-hydrogen) atoms. The predicted molar refractivity (Wildman–Crippen MR) is 93.9 cm³/mol. The molecule has 0 N–H and O–H groups in total. The number of aryl methyl sites for hydroxylation is 2. The quantitative estimate of drug-likeness (QED) is 0.395. The van der Waals surface area contributed by atoms with E-state index in [1.807, 2.05) is 22.7 Å². The first kappa shape index (κ1) is 13.3. The molecule has 0 radical (unpaired) electrons. The van der Waals surface area contributed by atoms with Crippen molar-refractivity contribution in [3.8, 4) is 18.6 Å². The van der Waals surface area contributed by atoms with Crippen molar-refractivity contribution < 1.29 is 0 Å². The molecule has 4 heteroatoms. The summed E-state index contributed by atoms with van der Waals surface area (Å²) in [5, 5.41) is 0. The molecule has 4 rings (SSSR count). The van der Waals surface area contributed by atoms with E-state index in [9.17, 15) is 0 Å². The molecule has 0 bridgehead atoms. The van der Waals surface area contributed by atoms with Crippen molar-refractivity contribution in [2.75, 3.05) is 0 Å². The third-order valence-electron chi connectivity index (χ3n) is 3.17. The molecule has 4 aromatic heterocycles. The molecule has 0 atom stereocenters. The third kappa shape index (κ3) is 2.35. The molecule has 0 saturated carbocycles. The van der Waals surface area contributed by atoms with Gasteiger partial charge in [0, 0.05) is 0 Å². The van der Waals surface area contributed by atoms with Crippen LogP contribution in [0.15, 0.2) is 36.4 Å². The second-order valence-electron chi connectivity index (χ2n) is 4.77. The van der Waals surface area contributed by atoms with Crippen LogP contribution in [0.5, 0.6) is 0 Å². The number of fused-ring (bicyclic) bond motifs is 1. The van der Waals surface area contributed by atoms with Crippen LogP contribution in [-0.4, -0.2) is 29.0 Å². The Bertz CT molecular complexity index is 787. The van der Waals surface area contributed by atoms with Gasteiger partial charge in [-0.1, -0.05) is 0 Å². The molecule has 0 unspecified atom stereocenters. The SMILES string of the molecule is Cc1ccc(-c2cc3sc(-c4ccc(C)[se]4)cc3s2)[se]1. The Hall–Kier alpha value is -0.341. The van der Waals surface area contributed by atoms with Crippen LogP contribution in [0.3, 0.4) is 0 Å². The zero-order valence-corrected chi connectivity index (χ0v) is 16.2. The maximum absolute atomic E-state index is 2.40. The van der Waals surface area contributed by atoms with Gasteiger partial charge in [-0.05, 0) is 0 Å². The summed E-state index contributed by atoms with van der Waals surface area (Å²) in [5.74, 6) is 0. The fourth-order valence-corrected chi connectivity index (χ4v) is 8.67. The standard InChI is InChI=1S/C16H12S2Se2/c1-9-3-5-15(19-9)13-7-11-12(17-13)8-14(18-11)16-6-4-10(2)20-16/h3-8H,1-2H3. The van der Waals surface area contributed by atoms with Gasteiger partial charge in [0.25, 0.3) is 0 Å². The van der Waals surface area contributed by atoms with Crippen molar-refractivity contribution in [2.45, 2.75) is 13.8 Å². The molecule has 4 heterocycles.